The number of carbonyl (C=O) groups is 2. The standard InChI is InChI=1S/C25H34O4Si/c1-6-28-24(27)23(26)18-17-20(2)19-29-30(25(3,4)5,21-13-9-7-10-14-21)22-15-11-8-12-16-22/h7-16,20H,6,17-19H2,1-5H3. The molecule has 162 valence electrons. The molecule has 1 unspecified atom stereocenters. The van der Waals surface area contributed by atoms with Gasteiger partial charge in [-0.25, -0.2) is 4.79 Å². The molecule has 1 atom stereocenters. The predicted octanol–water partition coefficient (Wildman–Crippen LogP) is 4.11. The van der Waals surface area contributed by atoms with E-state index >= 15 is 0 Å². The second-order valence-electron chi connectivity index (χ2n) is 8.76. The van der Waals surface area contributed by atoms with E-state index in [1.165, 1.54) is 10.4 Å². The van der Waals surface area contributed by atoms with Crippen molar-refractivity contribution in [1.82, 2.24) is 0 Å². The molecule has 0 aromatic heterocycles. The van der Waals surface area contributed by atoms with Crippen molar-refractivity contribution in [3.05, 3.63) is 60.7 Å². The van der Waals surface area contributed by atoms with E-state index in [4.69, 9.17) is 9.16 Å². The Bertz CT molecular complexity index is 773. The predicted molar refractivity (Wildman–Crippen MR) is 124 cm³/mol. The Labute approximate surface area is 181 Å². The van der Waals surface area contributed by atoms with Crippen molar-refractivity contribution in [2.45, 2.75) is 52.5 Å². The van der Waals surface area contributed by atoms with Crippen molar-refractivity contribution in [3.8, 4) is 0 Å². The lowest BCUT2D eigenvalue weighted by molar-refractivity contribution is -0.153. The highest BCUT2D eigenvalue weighted by atomic mass is 28.4. The summed E-state index contributed by atoms with van der Waals surface area (Å²) in [6.45, 7) is 11.2. The highest BCUT2D eigenvalue weighted by Gasteiger charge is 2.50. The molecule has 2 aromatic rings. The summed E-state index contributed by atoms with van der Waals surface area (Å²) in [5.74, 6) is -1.06. The maximum Gasteiger partial charge on any atom is 0.374 e. The fraction of sp³-hybridized carbons (Fsp3) is 0.440. The van der Waals surface area contributed by atoms with Crippen molar-refractivity contribution < 1.29 is 18.8 Å². The molecule has 0 fully saturated rings. The van der Waals surface area contributed by atoms with Gasteiger partial charge in [-0.1, -0.05) is 88.4 Å². The van der Waals surface area contributed by atoms with Crippen LogP contribution in [-0.2, 0) is 18.8 Å². The number of carbonyl (C=O) groups excluding carboxylic acids is 2. The van der Waals surface area contributed by atoms with Gasteiger partial charge in [-0.2, -0.15) is 0 Å². The quantitative estimate of drug-likeness (QED) is 0.326. The number of ketones is 1. The Kier molecular flexibility index (Phi) is 8.56. The number of benzene rings is 2. The lowest BCUT2D eigenvalue weighted by atomic mass is 10.0. The SMILES string of the molecule is CCOC(=O)C(=O)CCC(C)CO[Si](c1ccccc1)(c1ccccc1)C(C)(C)C. The van der Waals surface area contributed by atoms with E-state index in [1.807, 2.05) is 12.1 Å². The van der Waals surface area contributed by atoms with E-state index < -0.39 is 20.1 Å². The van der Waals surface area contributed by atoms with Gasteiger partial charge in [-0.15, -0.1) is 0 Å². The molecule has 5 heteroatoms. The Morgan fingerprint density at radius 2 is 1.43 bits per heavy atom. The van der Waals surface area contributed by atoms with Crippen LogP contribution < -0.4 is 10.4 Å². The minimum absolute atomic E-state index is 0.0871. The van der Waals surface area contributed by atoms with Crippen LogP contribution in [0.2, 0.25) is 5.04 Å². The number of rotatable bonds is 10. The number of hydrogen-bond acceptors (Lipinski definition) is 4. The van der Waals surface area contributed by atoms with Crippen LogP contribution >= 0.6 is 0 Å². The molecule has 0 aliphatic rings. The highest BCUT2D eigenvalue weighted by molar-refractivity contribution is 6.99. The summed E-state index contributed by atoms with van der Waals surface area (Å²) in [6, 6.07) is 21.0. The van der Waals surface area contributed by atoms with Gasteiger partial charge in [0.2, 0.25) is 5.78 Å². The van der Waals surface area contributed by atoms with Crippen LogP contribution in [0.4, 0.5) is 0 Å². The lowest BCUT2D eigenvalue weighted by Gasteiger charge is -2.43. The molecule has 0 N–H and O–H groups in total. The van der Waals surface area contributed by atoms with Gasteiger partial charge in [0.25, 0.3) is 8.32 Å². The van der Waals surface area contributed by atoms with E-state index in [9.17, 15) is 9.59 Å². The smallest absolute Gasteiger partial charge is 0.374 e. The molecule has 0 heterocycles. The molecule has 0 aliphatic carbocycles. The first-order valence-corrected chi connectivity index (χ1v) is 12.6. The second kappa shape index (κ2) is 10.7. The molecular weight excluding hydrogens is 392 g/mol. The Morgan fingerprint density at radius 1 is 0.933 bits per heavy atom. The fourth-order valence-electron chi connectivity index (χ4n) is 3.80. The van der Waals surface area contributed by atoms with Gasteiger partial charge in [0, 0.05) is 13.0 Å². The third-order valence-corrected chi connectivity index (χ3v) is 10.4. The first-order valence-electron chi connectivity index (χ1n) is 10.7. The number of ether oxygens (including phenoxy) is 1. The molecule has 0 saturated heterocycles. The van der Waals surface area contributed by atoms with Crippen molar-refractivity contribution in [2.24, 2.45) is 5.92 Å². The van der Waals surface area contributed by atoms with Crippen LogP contribution in [0, 0.1) is 5.92 Å². The van der Waals surface area contributed by atoms with Crippen molar-refractivity contribution in [1.29, 1.82) is 0 Å². The zero-order valence-corrected chi connectivity index (χ0v) is 19.8. The van der Waals surface area contributed by atoms with Crippen LogP contribution in [0.1, 0.15) is 47.5 Å². The van der Waals surface area contributed by atoms with Crippen LogP contribution in [0.25, 0.3) is 0 Å². The monoisotopic (exact) mass is 426 g/mol. The molecule has 2 aromatic carbocycles. The van der Waals surface area contributed by atoms with Gasteiger partial charge < -0.3 is 9.16 Å². The zero-order chi connectivity index (χ0) is 22.2. The van der Waals surface area contributed by atoms with Crippen molar-refractivity contribution in [2.75, 3.05) is 13.2 Å². The molecule has 30 heavy (non-hydrogen) atoms. The average molecular weight is 427 g/mol. The van der Waals surface area contributed by atoms with Crippen LogP contribution in [0.3, 0.4) is 0 Å². The summed E-state index contributed by atoms with van der Waals surface area (Å²) < 4.78 is 11.7. The molecule has 0 amide bonds. The maximum atomic E-state index is 11.9. The third-order valence-electron chi connectivity index (χ3n) is 5.37. The average Bonchev–Trinajstić information content (AvgIpc) is 2.73. The highest BCUT2D eigenvalue weighted by Crippen LogP contribution is 2.37. The fourth-order valence-corrected chi connectivity index (χ4v) is 8.49. The molecule has 0 aliphatic heterocycles. The van der Waals surface area contributed by atoms with Crippen molar-refractivity contribution in [3.63, 3.8) is 0 Å². The second-order valence-corrected chi connectivity index (χ2v) is 13.1. The van der Waals surface area contributed by atoms with Crippen LogP contribution in [-0.4, -0.2) is 33.3 Å². The van der Waals surface area contributed by atoms with E-state index in [0.717, 1.165) is 0 Å². The molecule has 0 saturated carbocycles. The van der Waals surface area contributed by atoms with Gasteiger partial charge in [0.1, 0.15) is 0 Å². The first-order chi connectivity index (χ1) is 14.2. The third kappa shape index (κ3) is 5.67. The minimum Gasteiger partial charge on any atom is -0.460 e. The zero-order valence-electron chi connectivity index (χ0n) is 18.8. The molecule has 2 rings (SSSR count). The van der Waals surface area contributed by atoms with E-state index in [1.54, 1.807) is 6.92 Å². The summed E-state index contributed by atoms with van der Waals surface area (Å²) >= 11 is 0. The largest absolute Gasteiger partial charge is 0.460 e. The summed E-state index contributed by atoms with van der Waals surface area (Å²) in [5, 5.41) is 2.38. The van der Waals surface area contributed by atoms with Crippen LogP contribution in [0.15, 0.2) is 60.7 Å². The number of hydrogen-bond donors (Lipinski definition) is 0. The summed E-state index contributed by atoms with van der Waals surface area (Å²) in [5.41, 5.74) is 0. The molecule has 0 bridgehead atoms. The normalized spacial score (nSPS) is 13.0. The van der Waals surface area contributed by atoms with Gasteiger partial charge in [-0.3, -0.25) is 4.79 Å². The molecule has 0 radical (unpaired) electrons. The van der Waals surface area contributed by atoms with Gasteiger partial charge >= 0.3 is 5.97 Å². The summed E-state index contributed by atoms with van der Waals surface area (Å²) in [6.07, 6.45) is 0.778. The first kappa shape index (κ1) is 24.0. The Hall–Kier alpha value is -2.24. The summed E-state index contributed by atoms with van der Waals surface area (Å²) in [7, 11) is -2.58. The summed E-state index contributed by atoms with van der Waals surface area (Å²) in [4.78, 5) is 23.5. The van der Waals surface area contributed by atoms with Crippen LogP contribution in [0.5, 0.6) is 0 Å². The van der Waals surface area contributed by atoms with Crippen molar-refractivity contribution >= 4 is 30.4 Å². The topological polar surface area (TPSA) is 52.6 Å². The number of esters is 1. The number of Topliss-reactive ketones (excluding diaryl/α,β-unsaturated/α-hetero) is 1. The van der Waals surface area contributed by atoms with Gasteiger partial charge in [-0.05, 0) is 34.7 Å². The Morgan fingerprint density at radius 3 is 1.87 bits per heavy atom. The van der Waals surface area contributed by atoms with Gasteiger partial charge in [0.05, 0.1) is 6.61 Å². The lowest BCUT2D eigenvalue weighted by Crippen LogP contribution is -2.66. The minimum atomic E-state index is -2.58. The van der Waals surface area contributed by atoms with E-state index in [0.29, 0.717) is 13.0 Å². The Balaban J connectivity index is 2.24. The molecule has 0 spiro atoms. The van der Waals surface area contributed by atoms with Gasteiger partial charge in [0.15, 0.2) is 0 Å². The molecular formula is C25H34O4Si. The molecule has 4 nitrogen and oxygen atoms in total. The van der Waals surface area contributed by atoms with E-state index in [2.05, 4.69) is 76.2 Å². The van der Waals surface area contributed by atoms with E-state index in [-0.39, 0.29) is 24.0 Å². The maximum absolute atomic E-state index is 11.9.